The van der Waals surface area contributed by atoms with Gasteiger partial charge in [-0.3, -0.25) is 9.36 Å². The molecule has 0 N–H and O–H groups in total. The van der Waals surface area contributed by atoms with Gasteiger partial charge >= 0.3 is 5.97 Å². The number of rotatable bonds is 8. The van der Waals surface area contributed by atoms with Crippen LogP contribution in [0.2, 0.25) is 0 Å². The van der Waals surface area contributed by atoms with Gasteiger partial charge in [-0.2, -0.15) is 0 Å². The fourth-order valence-corrected chi connectivity index (χ4v) is 3.65. The summed E-state index contributed by atoms with van der Waals surface area (Å²) in [6, 6.07) is 15.3. The summed E-state index contributed by atoms with van der Waals surface area (Å²) in [6.45, 7) is 3.92. The molecule has 152 valence electrons. The monoisotopic (exact) mass is 413 g/mol. The van der Waals surface area contributed by atoms with Crippen LogP contribution >= 0.6 is 11.8 Å². The molecule has 0 aliphatic carbocycles. The molecular formula is C21H23N3O4S. The molecule has 3 rings (SSSR count). The number of hydrogen-bond donors (Lipinski definition) is 0. The molecule has 1 aromatic heterocycles. The largest absolute Gasteiger partial charge is 0.493 e. The molecule has 7 nitrogen and oxygen atoms in total. The zero-order valence-electron chi connectivity index (χ0n) is 16.8. The Labute approximate surface area is 174 Å². The molecule has 0 bridgehead atoms. The molecule has 2 aromatic carbocycles. The van der Waals surface area contributed by atoms with Crippen LogP contribution in [0.25, 0.3) is 17.1 Å². The van der Waals surface area contributed by atoms with Crippen LogP contribution in [0.4, 0.5) is 0 Å². The Balaban J connectivity index is 2.07. The standard InChI is InChI=1S/C21H23N3O4S/c1-5-28-20(25)14(2)29-21-23-22-19(24(21)16-9-7-6-8-10-16)15-11-12-17(26-3)18(13-15)27-4/h6-14H,5H2,1-4H3. The molecule has 1 atom stereocenters. The van der Waals surface area contributed by atoms with Crippen molar-refractivity contribution in [2.75, 3.05) is 20.8 Å². The summed E-state index contributed by atoms with van der Waals surface area (Å²) in [7, 11) is 3.18. The lowest BCUT2D eigenvalue weighted by molar-refractivity contribution is -0.142. The number of hydrogen-bond acceptors (Lipinski definition) is 7. The number of carbonyl (C=O) groups excluding carboxylic acids is 1. The van der Waals surface area contributed by atoms with Crippen molar-refractivity contribution in [3.05, 3.63) is 48.5 Å². The van der Waals surface area contributed by atoms with E-state index in [1.807, 2.05) is 53.1 Å². The third-order valence-corrected chi connectivity index (χ3v) is 5.21. The lowest BCUT2D eigenvalue weighted by atomic mass is 10.2. The minimum absolute atomic E-state index is 0.284. The molecular weight excluding hydrogens is 390 g/mol. The molecule has 3 aromatic rings. The van der Waals surface area contributed by atoms with Crippen molar-refractivity contribution >= 4 is 17.7 Å². The quantitative estimate of drug-likeness (QED) is 0.408. The third-order valence-electron chi connectivity index (χ3n) is 4.19. The summed E-state index contributed by atoms with van der Waals surface area (Å²) in [5.74, 6) is 1.58. The Kier molecular flexibility index (Phi) is 6.77. The minimum atomic E-state index is -0.417. The van der Waals surface area contributed by atoms with Crippen molar-refractivity contribution in [3.8, 4) is 28.6 Å². The van der Waals surface area contributed by atoms with E-state index in [1.54, 1.807) is 28.1 Å². The first-order chi connectivity index (χ1) is 14.1. The molecule has 8 heteroatoms. The van der Waals surface area contributed by atoms with Crippen molar-refractivity contribution in [2.24, 2.45) is 0 Å². The van der Waals surface area contributed by atoms with E-state index in [0.29, 0.717) is 29.1 Å². The van der Waals surface area contributed by atoms with Crippen LogP contribution in [0.3, 0.4) is 0 Å². The molecule has 0 saturated heterocycles. The van der Waals surface area contributed by atoms with Gasteiger partial charge in [0.15, 0.2) is 22.5 Å². The maximum atomic E-state index is 12.1. The Morgan fingerprint density at radius 3 is 2.45 bits per heavy atom. The topological polar surface area (TPSA) is 75.5 Å². The number of nitrogens with zero attached hydrogens (tertiary/aromatic N) is 3. The number of carbonyl (C=O) groups is 1. The van der Waals surface area contributed by atoms with E-state index in [2.05, 4.69) is 10.2 Å². The Morgan fingerprint density at radius 2 is 1.79 bits per heavy atom. The number of aromatic nitrogens is 3. The van der Waals surface area contributed by atoms with Gasteiger partial charge in [0.2, 0.25) is 0 Å². The molecule has 1 unspecified atom stereocenters. The smallest absolute Gasteiger partial charge is 0.319 e. The highest BCUT2D eigenvalue weighted by atomic mass is 32.2. The molecule has 0 aliphatic heterocycles. The highest BCUT2D eigenvalue weighted by Gasteiger charge is 2.23. The predicted molar refractivity (Wildman–Crippen MR) is 112 cm³/mol. The second-order valence-electron chi connectivity index (χ2n) is 6.06. The van der Waals surface area contributed by atoms with Crippen LogP contribution in [-0.2, 0) is 9.53 Å². The SMILES string of the molecule is CCOC(=O)C(C)Sc1nnc(-c2ccc(OC)c(OC)c2)n1-c1ccccc1. The van der Waals surface area contributed by atoms with Gasteiger partial charge < -0.3 is 14.2 Å². The molecule has 0 radical (unpaired) electrons. The van der Waals surface area contributed by atoms with Crippen LogP contribution < -0.4 is 9.47 Å². The van der Waals surface area contributed by atoms with Gasteiger partial charge in [0.05, 0.1) is 20.8 Å². The van der Waals surface area contributed by atoms with Gasteiger partial charge in [0, 0.05) is 11.3 Å². The van der Waals surface area contributed by atoms with Crippen molar-refractivity contribution in [3.63, 3.8) is 0 Å². The van der Waals surface area contributed by atoms with Crippen molar-refractivity contribution in [1.82, 2.24) is 14.8 Å². The van der Waals surface area contributed by atoms with Crippen molar-refractivity contribution in [2.45, 2.75) is 24.3 Å². The minimum Gasteiger partial charge on any atom is -0.493 e. The lowest BCUT2D eigenvalue weighted by Crippen LogP contribution is -2.17. The Hall–Kier alpha value is -3.00. The third kappa shape index (κ3) is 4.54. The Bertz CT molecular complexity index is 975. The second kappa shape index (κ2) is 9.47. The molecule has 0 fully saturated rings. The van der Waals surface area contributed by atoms with Gasteiger partial charge in [-0.15, -0.1) is 10.2 Å². The normalized spacial score (nSPS) is 11.7. The maximum Gasteiger partial charge on any atom is 0.319 e. The van der Waals surface area contributed by atoms with E-state index >= 15 is 0 Å². The first-order valence-electron chi connectivity index (χ1n) is 9.15. The highest BCUT2D eigenvalue weighted by molar-refractivity contribution is 8.00. The maximum absolute atomic E-state index is 12.1. The number of methoxy groups -OCH3 is 2. The Morgan fingerprint density at radius 1 is 1.07 bits per heavy atom. The van der Waals surface area contributed by atoms with Gasteiger partial charge in [-0.1, -0.05) is 30.0 Å². The predicted octanol–water partition coefficient (Wildman–Crippen LogP) is 4.00. The average molecular weight is 413 g/mol. The summed E-state index contributed by atoms with van der Waals surface area (Å²) in [5.41, 5.74) is 1.70. The van der Waals surface area contributed by atoms with Crippen LogP contribution in [0.5, 0.6) is 11.5 Å². The van der Waals surface area contributed by atoms with Crippen LogP contribution in [0.15, 0.2) is 53.7 Å². The molecule has 1 heterocycles. The van der Waals surface area contributed by atoms with E-state index in [0.717, 1.165) is 11.3 Å². The summed E-state index contributed by atoms with van der Waals surface area (Å²) >= 11 is 1.31. The van der Waals surface area contributed by atoms with Gasteiger partial charge in [0.25, 0.3) is 0 Å². The highest BCUT2D eigenvalue weighted by Crippen LogP contribution is 2.35. The second-order valence-corrected chi connectivity index (χ2v) is 7.37. The number of esters is 1. The van der Waals surface area contributed by atoms with E-state index in [-0.39, 0.29) is 5.97 Å². The molecule has 0 spiro atoms. The number of para-hydroxylation sites is 1. The zero-order valence-corrected chi connectivity index (χ0v) is 17.6. The molecule has 0 saturated carbocycles. The fraction of sp³-hybridized carbons (Fsp3) is 0.286. The summed E-state index contributed by atoms with van der Waals surface area (Å²) < 4.78 is 17.8. The van der Waals surface area contributed by atoms with E-state index < -0.39 is 5.25 Å². The zero-order chi connectivity index (χ0) is 20.8. The van der Waals surface area contributed by atoms with Crippen LogP contribution in [0.1, 0.15) is 13.8 Å². The first kappa shape index (κ1) is 20.7. The van der Waals surface area contributed by atoms with Crippen molar-refractivity contribution in [1.29, 1.82) is 0 Å². The van der Waals surface area contributed by atoms with Gasteiger partial charge in [0.1, 0.15) is 5.25 Å². The number of thioether (sulfide) groups is 1. The summed E-state index contributed by atoms with van der Waals surface area (Å²) in [6.07, 6.45) is 0. The van der Waals surface area contributed by atoms with E-state index in [4.69, 9.17) is 14.2 Å². The van der Waals surface area contributed by atoms with Gasteiger partial charge in [-0.25, -0.2) is 0 Å². The summed E-state index contributed by atoms with van der Waals surface area (Å²) in [5, 5.41) is 8.92. The number of benzene rings is 2. The number of ether oxygens (including phenoxy) is 3. The van der Waals surface area contributed by atoms with Crippen LogP contribution in [-0.4, -0.2) is 46.8 Å². The molecule has 29 heavy (non-hydrogen) atoms. The first-order valence-corrected chi connectivity index (χ1v) is 10.0. The molecule has 0 aliphatic rings. The lowest BCUT2D eigenvalue weighted by Gasteiger charge is -2.14. The van der Waals surface area contributed by atoms with Gasteiger partial charge in [-0.05, 0) is 44.2 Å². The average Bonchev–Trinajstić information content (AvgIpc) is 3.17. The fourth-order valence-electron chi connectivity index (χ4n) is 2.78. The molecule has 0 amide bonds. The van der Waals surface area contributed by atoms with Crippen molar-refractivity contribution < 1.29 is 19.0 Å². The van der Waals surface area contributed by atoms with E-state index in [9.17, 15) is 4.79 Å². The summed E-state index contributed by atoms with van der Waals surface area (Å²) in [4.78, 5) is 12.1. The van der Waals surface area contributed by atoms with E-state index in [1.165, 1.54) is 11.8 Å². The van der Waals surface area contributed by atoms with Crippen LogP contribution in [0, 0.1) is 0 Å².